The average molecular weight is 658 g/mol. The first kappa shape index (κ1) is 45.8. The predicted octanol–water partition coefficient (Wildman–Crippen LogP) is 6.56. The van der Waals surface area contributed by atoms with Crippen molar-refractivity contribution in [1.82, 2.24) is 0 Å². The Labute approximate surface area is 290 Å². The first-order valence-corrected chi connectivity index (χ1v) is 19.0. The van der Waals surface area contributed by atoms with Crippen LogP contribution in [0, 0.1) is 6.92 Å². The Bertz CT molecular complexity index is 691. The predicted molar refractivity (Wildman–Crippen MR) is 190 cm³/mol. The van der Waals surface area contributed by atoms with Crippen LogP contribution in [0.25, 0.3) is 0 Å². The Kier molecular flexibility index (Phi) is 30.1. The van der Waals surface area contributed by atoms with Crippen LogP contribution in [0.15, 0.2) is 24.3 Å². The molecule has 0 bridgehead atoms. The van der Waals surface area contributed by atoms with Gasteiger partial charge in [-0.3, -0.25) is 8.97 Å². The van der Waals surface area contributed by atoms with Crippen molar-refractivity contribution in [1.29, 1.82) is 0 Å². The number of hydrogen-bond acceptors (Lipinski definition) is 0. The summed E-state index contributed by atoms with van der Waals surface area (Å²) >= 11 is 0. The van der Waals surface area contributed by atoms with E-state index in [0.717, 1.165) is 8.97 Å². The second-order valence-electron chi connectivity index (χ2n) is 15.1. The fraction of sp³-hybridized carbons (Fsp3) is 0.850. The second kappa shape index (κ2) is 28.9. The van der Waals surface area contributed by atoms with Gasteiger partial charge < -0.3 is 24.8 Å². The molecule has 1 aromatic carbocycles. The SMILES string of the molecule is CCCCCCCCCCCCCC[N+](C)(C)C(c1ccc(C)cc1)[N+](C)(C)CCCCCCCCCCCCCC.[Cl-].[Cl-]. The average Bonchev–Trinajstić information content (AvgIpc) is 2.95. The summed E-state index contributed by atoms with van der Waals surface area (Å²) in [5.74, 6) is 0. The van der Waals surface area contributed by atoms with Crippen LogP contribution in [-0.4, -0.2) is 50.2 Å². The highest BCUT2D eigenvalue weighted by Gasteiger charge is 2.42. The molecule has 0 saturated heterocycles. The van der Waals surface area contributed by atoms with Crippen LogP contribution < -0.4 is 24.8 Å². The molecule has 4 heteroatoms. The lowest BCUT2D eigenvalue weighted by Crippen LogP contribution is -3.00. The topological polar surface area (TPSA) is 0 Å². The van der Waals surface area contributed by atoms with E-state index >= 15 is 0 Å². The molecule has 0 atom stereocenters. The monoisotopic (exact) mass is 657 g/mol. The molecule has 0 N–H and O–H groups in total. The van der Waals surface area contributed by atoms with Crippen LogP contribution in [0.3, 0.4) is 0 Å². The Morgan fingerprint density at radius 2 is 0.659 bits per heavy atom. The van der Waals surface area contributed by atoms with Crippen LogP contribution in [0.5, 0.6) is 0 Å². The molecule has 0 aliphatic heterocycles. The molecule has 0 saturated carbocycles. The van der Waals surface area contributed by atoms with Crippen molar-refractivity contribution in [3.8, 4) is 0 Å². The minimum absolute atomic E-state index is 0. The van der Waals surface area contributed by atoms with E-state index in [0.29, 0.717) is 6.17 Å². The fourth-order valence-corrected chi connectivity index (χ4v) is 7.36. The van der Waals surface area contributed by atoms with Gasteiger partial charge in [0.15, 0.2) is 0 Å². The summed E-state index contributed by atoms with van der Waals surface area (Å²) in [4.78, 5) is 0. The van der Waals surface area contributed by atoms with E-state index in [4.69, 9.17) is 0 Å². The van der Waals surface area contributed by atoms with Gasteiger partial charge in [-0.15, -0.1) is 0 Å². The van der Waals surface area contributed by atoms with Crippen molar-refractivity contribution in [2.45, 2.75) is 181 Å². The lowest BCUT2D eigenvalue weighted by atomic mass is 10.0. The lowest BCUT2D eigenvalue weighted by Gasteiger charge is -2.47. The minimum atomic E-state index is 0. The van der Waals surface area contributed by atoms with E-state index in [2.05, 4.69) is 73.2 Å². The van der Waals surface area contributed by atoms with Gasteiger partial charge in [-0.25, -0.2) is 0 Å². The van der Waals surface area contributed by atoms with Crippen molar-refractivity contribution >= 4 is 0 Å². The molecule has 1 aromatic rings. The highest BCUT2D eigenvalue weighted by Crippen LogP contribution is 2.34. The van der Waals surface area contributed by atoms with Gasteiger partial charge in [-0.2, -0.15) is 0 Å². The quantitative estimate of drug-likeness (QED) is 0.0521. The van der Waals surface area contributed by atoms with Crippen molar-refractivity contribution in [3.63, 3.8) is 0 Å². The smallest absolute Gasteiger partial charge is 0.242 e. The molecular formula is C40H78Cl2N2. The van der Waals surface area contributed by atoms with Crippen LogP contribution in [0.4, 0.5) is 0 Å². The van der Waals surface area contributed by atoms with Crippen LogP contribution in [0.2, 0.25) is 0 Å². The zero-order valence-electron chi connectivity index (χ0n) is 30.9. The van der Waals surface area contributed by atoms with Crippen LogP contribution >= 0.6 is 0 Å². The number of benzene rings is 1. The summed E-state index contributed by atoms with van der Waals surface area (Å²) in [6.07, 6.45) is 34.7. The fourth-order valence-electron chi connectivity index (χ4n) is 7.36. The lowest BCUT2D eigenvalue weighted by molar-refractivity contribution is -1.11. The number of aryl methyl sites for hydroxylation is 1. The zero-order chi connectivity index (χ0) is 30.9. The maximum atomic E-state index is 2.51. The third-order valence-corrected chi connectivity index (χ3v) is 9.88. The Morgan fingerprint density at radius 1 is 0.409 bits per heavy atom. The molecule has 0 amide bonds. The Balaban J connectivity index is 0. The molecule has 44 heavy (non-hydrogen) atoms. The molecule has 0 heterocycles. The third-order valence-electron chi connectivity index (χ3n) is 9.88. The number of rotatable bonds is 29. The summed E-state index contributed by atoms with van der Waals surface area (Å²) < 4.78 is 2.18. The molecule has 2 nitrogen and oxygen atoms in total. The molecule has 0 spiro atoms. The minimum Gasteiger partial charge on any atom is -1.00 e. The van der Waals surface area contributed by atoms with Gasteiger partial charge in [0, 0.05) is 0 Å². The van der Waals surface area contributed by atoms with Gasteiger partial charge in [0.25, 0.3) is 0 Å². The molecule has 0 aromatic heterocycles. The maximum absolute atomic E-state index is 2.51. The molecule has 0 aliphatic rings. The van der Waals surface area contributed by atoms with Gasteiger partial charge >= 0.3 is 0 Å². The van der Waals surface area contributed by atoms with E-state index in [9.17, 15) is 0 Å². The first-order chi connectivity index (χ1) is 20.2. The second-order valence-corrected chi connectivity index (χ2v) is 15.1. The summed E-state index contributed by atoms with van der Waals surface area (Å²) in [6.45, 7) is 9.39. The molecule has 262 valence electrons. The van der Waals surface area contributed by atoms with Crippen molar-refractivity contribution < 1.29 is 33.8 Å². The summed E-state index contributed by atoms with van der Waals surface area (Å²) in [7, 11) is 10.0. The Hall–Kier alpha value is -0.280. The van der Waals surface area contributed by atoms with Crippen LogP contribution in [-0.2, 0) is 0 Å². The largest absolute Gasteiger partial charge is 1.00 e. The molecule has 0 unspecified atom stereocenters. The van der Waals surface area contributed by atoms with E-state index < -0.39 is 0 Å². The van der Waals surface area contributed by atoms with Crippen molar-refractivity contribution in [2.24, 2.45) is 0 Å². The van der Waals surface area contributed by atoms with Gasteiger partial charge in [-0.1, -0.05) is 160 Å². The number of unbranched alkanes of at least 4 members (excludes halogenated alkanes) is 22. The van der Waals surface area contributed by atoms with E-state index in [-0.39, 0.29) is 24.8 Å². The normalized spacial score (nSPS) is 11.9. The highest BCUT2D eigenvalue weighted by atomic mass is 35.5. The number of quaternary nitrogens is 2. The Morgan fingerprint density at radius 3 is 0.932 bits per heavy atom. The first-order valence-electron chi connectivity index (χ1n) is 19.0. The molecule has 0 aliphatic carbocycles. The molecule has 0 radical (unpaired) electrons. The maximum Gasteiger partial charge on any atom is 0.242 e. The summed E-state index contributed by atoms with van der Waals surface area (Å²) in [5.41, 5.74) is 2.89. The zero-order valence-corrected chi connectivity index (χ0v) is 32.4. The van der Waals surface area contributed by atoms with Gasteiger partial charge in [-0.05, 0) is 44.7 Å². The van der Waals surface area contributed by atoms with E-state index in [1.807, 2.05) is 0 Å². The number of nitrogens with zero attached hydrogens (tertiary/aromatic N) is 2. The highest BCUT2D eigenvalue weighted by molar-refractivity contribution is 5.22. The third kappa shape index (κ3) is 22.3. The summed E-state index contributed by atoms with van der Waals surface area (Å²) in [5, 5.41) is 0. The van der Waals surface area contributed by atoms with E-state index in [1.165, 1.54) is 178 Å². The van der Waals surface area contributed by atoms with Crippen molar-refractivity contribution in [2.75, 3.05) is 41.3 Å². The van der Waals surface area contributed by atoms with E-state index in [1.54, 1.807) is 0 Å². The van der Waals surface area contributed by atoms with Gasteiger partial charge in [0.05, 0.1) is 46.8 Å². The standard InChI is InChI=1S/C40H78N2.2ClH/c1-8-10-12-14-16-18-20-22-24-26-28-30-36-41(4,5)40(39-34-32-38(3)33-35-39)42(6,7)37-31-29-27-25-23-21-19-17-15-13-11-9-2;;/h32-35,40H,8-31,36-37H2,1-7H3;2*1H/q+2;;/p-2. The van der Waals surface area contributed by atoms with Crippen LogP contribution in [0.1, 0.15) is 185 Å². The number of hydrogen-bond donors (Lipinski definition) is 0. The summed E-state index contributed by atoms with van der Waals surface area (Å²) in [6, 6.07) is 9.50. The molecular weight excluding hydrogens is 579 g/mol. The van der Waals surface area contributed by atoms with Crippen molar-refractivity contribution in [3.05, 3.63) is 35.4 Å². The molecule has 0 fully saturated rings. The van der Waals surface area contributed by atoms with Gasteiger partial charge in [0.1, 0.15) is 0 Å². The number of halogens is 2. The van der Waals surface area contributed by atoms with Gasteiger partial charge in [0.2, 0.25) is 6.17 Å². The molecule has 1 rings (SSSR count).